The number of halogens is 2. The van der Waals surface area contributed by atoms with Crippen LogP contribution in [0.2, 0.25) is 0 Å². The van der Waals surface area contributed by atoms with Crippen molar-refractivity contribution in [1.29, 1.82) is 0 Å². The Kier molecular flexibility index (Phi) is 7.09. The second-order valence-electron chi connectivity index (χ2n) is 7.71. The number of nitrogens with zero attached hydrogens (tertiary/aromatic N) is 2. The molecule has 1 atom stereocenters. The van der Waals surface area contributed by atoms with Gasteiger partial charge in [-0.05, 0) is 42.8 Å². The van der Waals surface area contributed by atoms with Gasteiger partial charge in [-0.2, -0.15) is 13.9 Å². The van der Waals surface area contributed by atoms with Crippen LogP contribution in [-0.4, -0.2) is 42.9 Å². The number of furan rings is 1. The van der Waals surface area contributed by atoms with E-state index >= 15 is 0 Å². The van der Waals surface area contributed by atoms with Gasteiger partial charge in [-0.3, -0.25) is 4.79 Å². The third-order valence-corrected chi connectivity index (χ3v) is 5.36. The van der Waals surface area contributed by atoms with E-state index in [1.165, 1.54) is 30.5 Å². The maximum absolute atomic E-state index is 13.0. The molecule has 0 fully saturated rings. The molecule has 0 saturated carbocycles. The van der Waals surface area contributed by atoms with Gasteiger partial charge in [0.25, 0.3) is 5.91 Å². The van der Waals surface area contributed by atoms with Gasteiger partial charge in [0, 0.05) is 6.42 Å². The monoisotopic (exact) mass is 484 g/mol. The Balaban J connectivity index is 1.48. The average molecular weight is 484 g/mol. The molecule has 8 nitrogen and oxygen atoms in total. The first kappa shape index (κ1) is 23.9. The van der Waals surface area contributed by atoms with Gasteiger partial charge in [0.1, 0.15) is 11.8 Å². The number of hydrazone groups is 1. The smallest absolute Gasteiger partial charge is 0.387 e. The molecular formula is C25H22F2N2O6. The molecule has 35 heavy (non-hydrogen) atoms. The van der Waals surface area contributed by atoms with Gasteiger partial charge < -0.3 is 18.6 Å². The molecule has 182 valence electrons. The molecule has 1 aromatic heterocycles. The van der Waals surface area contributed by atoms with Crippen molar-refractivity contribution < 1.29 is 37.0 Å². The molecule has 0 saturated heterocycles. The lowest BCUT2D eigenvalue weighted by molar-refractivity contribution is -0.136. The lowest BCUT2D eigenvalue weighted by Crippen LogP contribution is -2.31. The number of ether oxygens (including phenoxy) is 3. The largest absolute Gasteiger partial charge is 0.493 e. The topological polar surface area (TPSA) is 90.6 Å². The molecule has 2 heterocycles. The summed E-state index contributed by atoms with van der Waals surface area (Å²) in [7, 11) is 1.25. The number of hydrogen-bond acceptors (Lipinski definition) is 7. The molecule has 3 aromatic rings. The quantitative estimate of drug-likeness (QED) is 0.430. The first-order valence-corrected chi connectivity index (χ1v) is 10.7. The minimum Gasteiger partial charge on any atom is -0.493 e. The third kappa shape index (κ3) is 5.48. The minimum absolute atomic E-state index is 0.00381. The van der Waals surface area contributed by atoms with E-state index in [2.05, 4.69) is 9.84 Å². The predicted octanol–water partition coefficient (Wildman–Crippen LogP) is 4.73. The molecule has 0 N–H and O–H groups in total. The van der Waals surface area contributed by atoms with Crippen LogP contribution in [0, 0.1) is 6.92 Å². The lowest BCUT2D eigenvalue weighted by atomic mass is 10.0. The van der Waals surface area contributed by atoms with Gasteiger partial charge in [0.2, 0.25) is 0 Å². The highest BCUT2D eigenvalue weighted by molar-refractivity contribution is 6.03. The Morgan fingerprint density at radius 3 is 2.57 bits per heavy atom. The Hall–Kier alpha value is -4.21. The number of alkyl halides is 2. The van der Waals surface area contributed by atoms with Crippen LogP contribution in [0.4, 0.5) is 8.78 Å². The molecule has 4 rings (SSSR count). The summed E-state index contributed by atoms with van der Waals surface area (Å²) in [5, 5.41) is 5.74. The standard InChI is InChI=1S/C25H22F2N2O6/c1-15-5-7-16(8-6-15)18-13-19(20-4-3-11-33-20)29(28-18)23(30)14-34-24(31)17-9-10-21(35-25(26)27)22(12-17)32-2/h3-12,19,25H,13-14H2,1-2H3. The number of amides is 1. The molecule has 1 aliphatic rings. The zero-order valence-electron chi connectivity index (χ0n) is 18.9. The summed E-state index contributed by atoms with van der Waals surface area (Å²) >= 11 is 0. The van der Waals surface area contributed by atoms with E-state index in [0.717, 1.165) is 17.2 Å². The molecule has 0 spiro atoms. The average Bonchev–Trinajstić information content (AvgIpc) is 3.53. The lowest BCUT2D eigenvalue weighted by Gasteiger charge is -2.19. The van der Waals surface area contributed by atoms with E-state index < -0.39 is 31.1 Å². The minimum atomic E-state index is -3.05. The van der Waals surface area contributed by atoms with E-state index in [0.29, 0.717) is 17.9 Å². The van der Waals surface area contributed by atoms with Gasteiger partial charge in [-0.25, -0.2) is 9.80 Å². The predicted molar refractivity (Wildman–Crippen MR) is 121 cm³/mol. The molecule has 0 bridgehead atoms. The Morgan fingerprint density at radius 2 is 1.91 bits per heavy atom. The summed E-state index contributed by atoms with van der Waals surface area (Å²) in [4.78, 5) is 25.5. The van der Waals surface area contributed by atoms with Crippen molar-refractivity contribution in [2.24, 2.45) is 5.10 Å². The van der Waals surface area contributed by atoms with Gasteiger partial charge in [0.15, 0.2) is 18.1 Å². The van der Waals surface area contributed by atoms with Crippen molar-refractivity contribution in [3.05, 3.63) is 83.3 Å². The summed E-state index contributed by atoms with van der Waals surface area (Å²) in [6.07, 6.45) is 1.94. The molecule has 2 aromatic carbocycles. The Morgan fingerprint density at radius 1 is 1.14 bits per heavy atom. The molecule has 1 unspecified atom stereocenters. The van der Waals surface area contributed by atoms with Crippen LogP contribution in [0.3, 0.4) is 0 Å². The van der Waals surface area contributed by atoms with Gasteiger partial charge in [-0.15, -0.1) is 0 Å². The van der Waals surface area contributed by atoms with E-state index in [1.54, 1.807) is 12.1 Å². The van der Waals surface area contributed by atoms with E-state index in [9.17, 15) is 18.4 Å². The SMILES string of the molecule is COc1cc(C(=O)OCC(=O)N2N=C(c3ccc(C)cc3)CC2c2ccco2)ccc1OC(F)F. The summed E-state index contributed by atoms with van der Waals surface area (Å²) in [5.41, 5.74) is 2.67. The molecule has 10 heteroatoms. The number of carbonyl (C=O) groups excluding carboxylic acids is 2. The van der Waals surface area contributed by atoms with Crippen LogP contribution in [0.1, 0.15) is 39.7 Å². The summed E-state index contributed by atoms with van der Waals surface area (Å²) in [6.45, 7) is -1.66. The number of esters is 1. The molecular weight excluding hydrogens is 462 g/mol. The number of methoxy groups -OCH3 is 1. The fourth-order valence-corrected chi connectivity index (χ4v) is 3.63. The molecule has 1 amide bonds. The second-order valence-corrected chi connectivity index (χ2v) is 7.71. The van der Waals surface area contributed by atoms with Crippen molar-refractivity contribution in [2.75, 3.05) is 13.7 Å². The highest BCUT2D eigenvalue weighted by atomic mass is 19.3. The van der Waals surface area contributed by atoms with Gasteiger partial charge in [-0.1, -0.05) is 29.8 Å². The normalized spacial score (nSPS) is 15.2. The number of rotatable bonds is 8. The summed E-state index contributed by atoms with van der Waals surface area (Å²) in [5.74, 6) is -1.14. The first-order valence-electron chi connectivity index (χ1n) is 10.7. The van der Waals surface area contributed by atoms with Crippen molar-refractivity contribution in [3.63, 3.8) is 0 Å². The van der Waals surface area contributed by atoms with Crippen LogP contribution in [0.5, 0.6) is 11.5 Å². The zero-order chi connectivity index (χ0) is 24.9. The summed E-state index contributed by atoms with van der Waals surface area (Å²) < 4.78 is 45.0. The van der Waals surface area contributed by atoms with Crippen molar-refractivity contribution in [3.8, 4) is 11.5 Å². The van der Waals surface area contributed by atoms with E-state index in [4.69, 9.17) is 13.9 Å². The summed E-state index contributed by atoms with van der Waals surface area (Å²) in [6, 6.07) is 14.3. The number of aryl methyl sites for hydroxylation is 1. The second kappa shape index (κ2) is 10.4. The third-order valence-electron chi connectivity index (χ3n) is 5.36. The van der Waals surface area contributed by atoms with E-state index in [1.807, 2.05) is 31.2 Å². The maximum Gasteiger partial charge on any atom is 0.387 e. The highest BCUT2D eigenvalue weighted by Gasteiger charge is 2.35. The molecule has 1 aliphatic heterocycles. The highest BCUT2D eigenvalue weighted by Crippen LogP contribution is 2.33. The van der Waals surface area contributed by atoms with Gasteiger partial charge in [0.05, 0.1) is 24.6 Å². The zero-order valence-corrected chi connectivity index (χ0v) is 18.9. The van der Waals surface area contributed by atoms with Crippen LogP contribution in [0.25, 0.3) is 0 Å². The van der Waals surface area contributed by atoms with Crippen molar-refractivity contribution in [2.45, 2.75) is 26.0 Å². The Labute approximate surface area is 199 Å². The fraction of sp³-hybridized carbons (Fsp3) is 0.240. The number of carbonyl (C=O) groups is 2. The van der Waals surface area contributed by atoms with Crippen LogP contribution < -0.4 is 9.47 Å². The van der Waals surface area contributed by atoms with E-state index in [-0.39, 0.29) is 17.1 Å². The van der Waals surface area contributed by atoms with Crippen LogP contribution in [0.15, 0.2) is 70.4 Å². The number of benzene rings is 2. The Bertz CT molecular complexity index is 1230. The number of hydrogen-bond donors (Lipinski definition) is 0. The fourth-order valence-electron chi connectivity index (χ4n) is 3.63. The van der Waals surface area contributed by atoms with Crippen LogP contribution >= 0.6 is 0 Å². The first-order chi connectivity index (χ1) is 16.9. The maximum atomic E-state index is 13.0. The van der Waals surface area contributed by atoms with Crippen LogP contribution in [-0.2, 0) is 9.53 Å². The van der Waals surface area contributed by atoms with Crippen molar-refractivity contribution >= 4 is 17.6 Å². The molecule has 0 aliphatic carbocycles. The van der Waals surface area contributed by atoms with Crippen molar-refractivity contribution in [1.82, 2.24) is 5.01 Å². The molecule has 0 radical (unpaired) electrons. The van der Waals surface area contributed by atoms with Gasteiger partial charge >= 0.3 is 12.6 Å².